The average Bonchev–Trinajstić information content (AvgIpc) is 2.29. The van der Waals surface area contributed by atoms with Crippen LogP contribution in [0.2, 0.25) is 0 Å². The van der Waals surface area contributed by atoms with E-state index < -0.39 is 12.0 Å². The second-order valence-corrected chi connectivity index (χ2v) is 4.31. The van der Waals surface area contributed by atoms with Crippen molar-refractivity contribution in [3.05, 3.63) is 29.8 Å². The monoisotopic (exact) mass is 237 g/mol. The van der Waals surface area contributed by atoms with E-state index >= 15 is 0 Å². The molecular weight excluding hydrogens is 218 g/mol. The summed E-state index contributed by atoms with van der Waals surface area (Å²) in [7, 11) is 0. The highest BCUT2D eigenvalue weighted by atomic mass is 16.5. The standard InChI is InChI=1S/C13H19NO3/c1-9(2)10-3-5-11(6-4-10)17-8-7-12(14)13(15)16/h3-6,9,12H,7-8,14H2,1-2H3,(H,15,16). The minimum absolute atomic E-state index is 0.307. The highest BCUT2D eigenvalue weighted by molar-refractivity contribution is 5.72. The van der Waals surface area contributed by atoms with Gasteiger partial charge in [0.05, 0.1) is 6.61 Å². The highest BCUT2D eigenvalue weighted by Crippen LogP contribution is 2.18. The molecule has 0 aliphatic rings. The van der Waals surface area contributed by atoms with Crippen LogP contribution in [-0.2, 0) is 4.79 Å². The van der Waals surface area contributed by atoms with Gasteiger partial charge in [-0.05, 0) is 23.6 Å². The molecule has 0 spiro atoms. The van der Waals surface area contributed by atoms with Gasteiger partial charge in [-0.25, -0.2) is 0 Å². The lowest BCUT2D eigenvalue weighted by Gasteiger charge is -2.10. The van der Waals surface area contributed by atoms with Gasteiger partial charge < -0.3 is 15.6 Å². The minimum Gasteiger partial charge on any atom is -0.494 e. The number of hydrogen-bond donors (Lipinski definition) is 2. The van der Waals surface area contributed by atoms with Crippen molar-refractivity contribution < 1.29 is 14.6 Å². The number of hydrogen-bond acceptors (Lipinski definition) is 3. The van der Waals surface area contributed by atoms with E-state index in [2.05, 4.69) is 13.8 Å². The predicted molar refractivity (Wildman–Crippen MR) is 66.3 cm³/mol. The van der Waals surface area contributed by atoms with Crippen LogP contribution in [0, 0.1) is 0 Å². The zero-order valence-electron chi connectivity index (χ0n) is 10.2. The molecule has 94 valence electrons. The van der Waals surface area contributed by atoms with E-state index in [0.717, 1.165) is 5.75 Å². The Morgan fingerprint density at radius 2 is 1.94 bits per heavy atom. The van der Waals surface area contributed by atoms with Gasteiger partial charge in [-0.1, -0.05) is 26.0 Å². The molecule has 0 bridgehead atoms. The second kappa shape index (κ2) is 6.25. The first-order chi connectivity index (χ1) is 8.00. The van der Waals surface area contributed by atoms with E-state index in [1.54, 1.807) is 0 Å². The molecular formula is C13H19NO3. The maximum absolute atomic E-state index is 10.5. The second-order valence-electron chi connectivity index (χ2n) is 4.31. The van der Waals surface area contributed by atoms with Crippen LogP contribution in [0.3, 0.4) is 0 Å². The fraction of sp³-hybridized carbons (Fsp3) is 0.462. The maximum atomic E-state index is 10.5. The van der Waals surface area contributed by atoms with Crippen LogP contribution in [-0.4, -0.2) is 23.7 Å². The lowest BCUT2D eigenvalue weighted by molar-refractivity contribution is -0.138. The summed E-state index contributed by atoms with van der Waals surface area (Å²) in [5.74, 6) is 0.236. The van der Waals surface area contributed by atoms with Gasteiger partial charge in [0.25, 0.3) is 0 Å². The third-order valence-electron chi connectivity index (χ3n) is 2.56. The molecule has 0 fully saturated rings. The number of carboxylic acid groups (broad SMARTS) is 1. The maximum Gasteiger partial charge on any atom is 0.320 e. The van der Waals surface area contributed by atoms with Crippen molar-refractivity contribution >= 4 is 5.97 Å². The molecule has 0 aliphatic carbocycles. The fourth-order valence-electron chi connectivity index (χ4n) is 1.38. The molecule has 0 saturated heterocycles. The smallest absolute Gasteiger partial charge is 0.320 e. The molecule has 17 heavy (non-hydrogen) atoms. The van der Waals surface area contributed by atoms with Crippen molar-refractivity contribution in [3.8, 4) is 5.75 Å². The Morgan fingerprint density at radius 1 is 1.35 bits per heavy atom. The van der Waals surface area contributed by atoms with Gasteiger partial charge in [0.2, 0.25) is 0 Å². The Balaban J connectivity index is 2.40. The topological polar surface area (TPSA) is 72.5 Å². The molecule has 0 radical (unpaired) electrons. The Kier molecular flexibility index (Phi) is 4.97. The Bertz CT molecular complexity index is 359. The fourth-order valence-corrected chi connectivity index (χ4v) is 1.38. The van der Waals surface area contributed by atoms with Gasteiger partial charge >= 0.3 is 5.97 Å². The molecule has 0 aliphatic heterocycles. The molecule has 1 aromatic carbocycles. The summed E-state index contributed by atoms with van der Waals surface area (Å²) in [6.07, 6.45) is 0.307. The van der Waals surface area contributed by atoms with Crippen molar-refractivity contribution in [2.24, 2.45) is 5.73 Å². The minimum atomic E-state index is -0.997. The van der Waals surface area contributed by atoms with Crippen molar-refractivity contribution in [2.45, 2.75) is 32.2 Å². The van der Waals surface area contributed by atoms with Crippen molar-refractivity contribution in [2.75, 3.05) is 6.61 Å². The summed E-state index contributed by atoms with van der Waals surface area (Å²) in [4.78, 5) is 10.5. The first kappa shape index (κ1) is 13.5. The number of rotatable bonds is 6. The van der Waals surface area contributed by atoms with Crippen LogP contribution in [0.4, 0.5) is 0 Å². The Hall–Kier alpha value is -1.55. The first-order valence-corrected chi connectivity index (χ1v) is 5.72. The van der Waals surface area contributed by atoms with Gasteiger partial charge in [-0.3, -0.25) is 4.79 Å². The zero-order valence-corrected chi connectivity index (χ0v) is 10.2. The van der Waals surface area contributed by atoms with E-state index in [9.17, 15) is 4.79 Å². The number of nitrogens with two attached hydrogens (primary N) is 1. The molecule has 4 heteroatoms. The van der Waals surface area contributed by atoms with Gasteiger partial charge in [0.15, 0.2) is 0 Å². The first-order valence-electron chi connectivity index (χ1n) is 5.72. The molecule has 1 atom stereocenters. The average molecular weight is 237 g/mol. The molecule has 1 unspecified atom stereocenters. The number of benzene rings is 1. The van der Waals surface area contributed by atoms with Gasteiger partial charge in [0.1, 0.15) is 11.8 Å². The summed E-state index contributed by atoms with van der Waals surface area (Å²) in [6, 6.07) is 6.95. The summed E-state index contributed by atoms with van der Waals surface area (Å²) >= 11 is 0. The lowest BCUT2D eigenvalue weighted by Crippen LogP contribution is -2.31. The van der Waals surface area contributed by atoms with Crippen LogP contribution >= 0.6 is 0 Å². The molecule has 1 rings (SSSR count). The molecule has 0 saturated carbocycles. The van der Waals surface area contributed by atoms with Crippen LogP contribution in [0.15, 0.2) is 24.3 Å². The van der Waals surface area contributed by atoms with Crippen LogP contribution in [0.1, 0.15) is 31.7 Å². The van der Waals surface area contributed by atoms with Crippen LogP contribution in [0.25, 0.3) is 0 Å². The normalized spacial score (nSPS) is 12.5. The Morgan fingerprint density at radius 3 is 2.41 bits per heavy atom. The van der Waals surface area contributed by atoms with Gasteiger partial charge in [-0.15, -0.1) is 0 Å². The summed E-state index contributed by atoms with van der Waals surface area (Å²) in [5, 5.41) is 8.60. The molecule has 1 aromatic rings. The number of carbonyl (C=O) groups is 1. The van der Waals surface area contributed by atoms with Crippen molar-refractivity contribution in [3.63, 3.8) is 0 Å². The van der Waals surface area contributed by atoms with E-state index in [4.69, 9.17) is 15.6 Å². The molecule has 3 N–H and O–H groups in total. The van der Waals surface area contributed by atoms with Crippen LogP contribution in [0.5, 0.6) is 5.75 Å². The number of aliphatic carboxylic acids is 1. The molecule has 0 aromatic heterocycles. The summed E-state index contributed by atoms with van der Waals surface area (Å²) < 4.78 is 5.42. The quantitative estimate of drug-likeness (QED) is 0.793. The summed E-state index contributed by atoms with van der Waals surface area (Å²) in [5.41, 5.74) is 6.61. The van der Waals surface area contributed by atoms with E-state index in [-0.39, 0.29) is 0 Å². The Labute approximate surface area is 101 Å². The van der Waals surface area contributed by atoms with E-state index in [1.165, 1.54) is 5.56 Å². The predicted octanol–water partition coefficient (Wildman–Crippen LogP) is 1.99. The van der Waals surface area contributed by atoms with Crippen molar-refractivity contribution in [1.29, 1.82) is 0 Å². The van der Waals surface area contributed by atoms with Gasteiger partial charge in [-0.2, -0.15) is 0 Å². The highest BCUT2D eigenvalue weighted by Gasteiger charge is 2.10. The van der Waals surface area contributed by atoms with Gasteiger partial charge in [0, 0.05) is 6.42 Å². The SMILES string of the molecule is CC(C)c1ccc(OCCC(N)C(=O)O)cc1. The molecule has 0 heterocycles. The van der Waals surface area contributed by atoms with Crippen LogP contribution < -0.4 is 10.5 Å². The molecule has 4 nitrogen and oxygen atoms in total. The largest absolute Gasteiger partial charge is 0.494 e. The zero-order chi connectivity index (χ0) is 12.8. The number of carboxylic acids is 1. The van der Waals surface area contributed by atoms with E-state index in [1.807, 2.05) is 24.3 Å². The molecule has 0 amide bonds. The summed E-state index contributed by atoms with van der Waals surface area (Å²) in [6.45, 7) is 4.57. The van der Waals surface area contributed by atoms with E-state index in [0.29, 0.717) is 18.9 Å². The lowest BCUT2D eigenvalue weighted by atomic mass is 10.0. The third-order valence-corrected chi connectivity index (χ3v) is 2.56. The number of ether oxygens (including phenoxy) is 1. The van der Waals surface area contributed by atoms with Crippen molar-refractivity contribution in [1.82, 2.24) is 0 Å². The third kappa shape index (κ3) is 4.44.